The van der Waals surface area contributed by atoms with Crippen molar-refractivity contribution < 1.29 is 26.4 Å². The predicted octanol–water partition coefficient (Wildman–Crippen LogP) is 5.00. The van der Waals surface area contributed by atoms with E-state index in [1.807, 2.05) is 6.92 Å². The van der Waals surface area contributed by atoms with Crippen LogP contribution in [-0.2, 0) is 24.5 Å². The molecule has 0 aliphatic carbocycles. The molecule has 0 spiro atoms. The Morgan fingerprint density at radius 1 is 0.722 bits per heavy atom. The topological polar surface area (TPSA) is 94.6 Å². The van der Waals surface area contributed by atoms with Crippen LogP contribution in [0.5, 0.6) is 5.75 Å². The van der Waals surface area contributed by atoms with Crippen LogP contribution in [-0.4, -0.2) is 39.7 Å². The molecule has 8 heteroatoms. The number of fused-ring (bicyclic) bond motifs is 1. The quantitative estimate of drug-likeness (QED) is 0.369. The molecule has 0 saturated heterocycles. The minimum absolute atomic E-state index is 0.00678. The maximum absolute atomic E-state index is 14.0. The van der Waals surface area contributed by atoms with Crippen molar-refractivity contribution in [1.82, 2.24) is 0 Å². The molecule has 0 bridgehead atoms. The normalized spacial score (nSPS) is 19.9. The van der Waals surface area contributed by atoms with E-state index in [1.54, 1.807) is 72.8 Å². The number of carbonyl (C=O) groups is 1. The molecule has 1 aliphatic rings. The monoisotopic (exact) mass is 526 g/mol. The van der Waals surface area contributed by atoms with E-state index in [1.165, 1.54) is 12.1 Å². The van der Waals surface area contributed by atoms with Gasteiger partial charge in [-0.05, 0) is 43.2 Å². The van der Waals surface area contributed by atoms with Crippen molar-refractivity contribution in [2.45, 2.75) is 53.9 Å². The molecule has 190 valence electrons. The third-order valence-electron chi connectivity index (χ3n) is 6.67. The van der Waals surface area contributed by atoms with Crippen LogP contribution in [0.2, 0.25) is 0 Å². The van der Waals surface area contributed by atoms with Crippen molar-refractivity contribution in [2.75, 3.05) is 11.5 Å². The Kier molecular flexibility index (Phi) is 7.66. The van der Waals surface area contributed by atoms with E-state index in [-0.39, 0.29) is 39.9 Å². The van der Waals surface area contributed by atoms with Gasteiger partial charge in [-0.25, -0.2) is 16.8 Å². The molecule has 2 unspecified atom stereocenters. The first kappa shape index (κ1) is 26.1. The Labute approximate surface area is 213 Å². The van der Waals surface area contributed by atoms with Crippen molar-refractivity contribution >= 4 is 25.5 Å². The number of sulfone groups is 2. The van der Waals surface area contributed by atoms with Gasteiger partial charge in [0.15, 0.2) is 31.1 Å². The molecule has 2 atom stereocenters. The van der Waals surface area contributed by atoms with E-state index in [4.69, 9.17) is 4.74 Å². The zero-order valence-corrected chi connectivity index (χ0v) is 21.8. The number of para-hydroxylation sites is 1. The maximum atomic E-state index is 14.0. The lowest BCUT2D eigenvalue weighted by molar-refractivity contribution is -0.139. The van der Waals surface area contributed by atoms with Crippen LogP contribution in [0.1, 0.15) is 44.1 Å². The summed E-state index contributed by atoms with van der Waals surface area (Å²) in [7, 11) is -7.23. The minimum atomic E-state index is -3.63. The van der Waals surface area contributed by atoms with Crippen molar-refractivity contribution in [3.8, 4) is 5.75 Å². The van der Waals surface area contributed by atoms with Gasteiger partial charge in [0.25, 0.3) is 0 Å². The number of benzene rings is 3. The summed E-state index contributed by atoms with van der Waals surface area (Å²) in [5, 5.41) is 0. The molecule has 0 fully saturated rings. The lowest BCUT2D eigenvalue weighted by atomic mass is 9.76. The first-order chi connectivity index (χ1) is 17.2. The fourth-order valence-electron chi connectivity index (χ4n) is 4.81. The lowest BCUT2D eigenvalue weighted by Gasteiger charge is -2.41. The molecular weight excluding hydrogens is 496 g/mol. The molecule has 0 radical (unpaired) electrons. The van der Waals surface area contributed by atoms with Gasteiger partial charge in [-0.1, -0.05) is 67.9 Å². The molecule has 36 heavy (non-hydrogen) atoms. The second kappa shape index (κ2) is 10.6. The van der Waals surface area contributed by atoms with Gasteiger partial charge < -0.3 is 4.74 Å². The summed E-state index contributed by atoms with van der Waals surface area (Å²) in [4.78, 5) is 14.4. The average molecular weight is 527 g/mol. The van der Waals surface area contributed by atoms with Crippen LogP contribution in [0, 0.1) is 0 Å². The fourth-order valence-corrected chi connectivity index (χ4v) is 7.57. The van der Waals surface area contributed by atoms with Crippen LogP contribution in [0.25, 0.3) is 0 Å². The number of carbonyl (C=O) groups excluding carboxylic acids is 1. The largest absolute Gasteiger partial charge is 0.479 e. The first-order valence-electron chi connectivity index (χ1n) is 12.1. The molecule has 0 N–H and O–H groups in total. The summed E-state index contributed by atoms with van der Waals surface area (Å²) in [6, 6.07) is 23.5. The Morgan fingerprint density at radius 2 is 1.25 bits per heavy atom. The second-order valence-corrected chi connectivity index (χ2v) is 13.3. The Morgan fingerprint density at radius 3 is 1.83 bits per heavy atom. The SMILES string of the molecule is CCCC1(CCS(=O)(=O)c2ccccc2)Oc2ccccc2C(CCS(=O)(=O)c2ccccc2)C1=O. The van der Waals surface area contributed by atoms with Crippen molar-refractivity contribution in [1.29, 1.82) is 0 Å². The van der Waals surface area contributed by atoms with Crippen LogP contribution in [0.15, 0.2) is 94.7 Å². The summed E-state index contributed by atoms with van der Waals surface area (Å²) in [5.74, 6) is -0.912. The van der Waals surface area contributed by atoms with Gasteiger partial charge in [0, 0.05) is 12.0 Å². The summed E-state index contributed by atoms with van der Waals surface area (Å²) in [6.07, 6.45) is 1.03. The van der Waals surface area contributed by atoms with Gasteiger partial charge in [0.2, 0.25) is 0 Å². The number of hydrogen-bond donors (Lipinski definition) is 0. The zero-order valence-electron chi connectivity index (χ0n) is 20.2. The summed E-state index contributed by atoms with van der Waals surface area (Å²) < 4.78 is 58.3. The maximum Gasteiger partial charge on any atom is 0.183 e. The van der Waals surface area contributed by atoms with E-state index >= 15 is 0 Å². The van der Waals surface area contributed by atoms with Gasteiger partial charge in [-0.15, -0.1) is 0 Å². The van der Waals surface area contributed by atoms with Gasteiger partial charge >= 0.3 is 0 Å². The summed E-state index contributed by atoms with van der Waals surface area (Å²) in [5.41, 5.74) is -0.699. The highest BCUT2D eigenvalue weighted by Crippen LogP contribution is 2.44. The number of rotatable bonds is 10. The van der Waals surface area contributed by atoms with E-state index in [0.29, 0.717) is 24.2 Å². The van der Waals surface area contributed by atoms with E-state index < -0.39 is 31.2 Å². The highest BCUT2D eigenvalue weighted by molar-refractivity contribution is 7.91. The van der Waals surface area contributed by atoms with Crippen molar-refractivity contribution in [3.05, 3.63) is 90.5 Å². The zero-order chi connectivity index (χ0) is 25.8. The van der Waals surface area contributed by atoms with Crippen LogP contribution in [0.3, 0.4) is 0 Å². The standard InChI is InChI=1S/C28H30O6S2/c1-2-18-28(19-21-36(32,33)23-13-7-4-8-14-23)27(29)25(24-15-9-10-16-26(24)34-28)17-20-35(30,31)22-11-5-3-6-12-22/h3-16,25H,2,17-21H2,1H3. The molecule has 1 heterocycles. The Bertz CT molecular complexity index is 1420. The Hall–Kier alpha value is -2.97. The lowest BCUT2D eigenvalue weighted by Crippen LogP contribution is -2.51. The third-order valence-corrected chi connectivity index (χ3v) is 10.2. The van der Waals surface area contributed by atoms with E-state index in [9.17, 15) is 21.6 Å². The molecule has 0 saturated carbocycles. The summed E-state index contributed by atoms with van der Waals surface area (Å²) >= 11 is 0. The van der Waals surface area contributed by atoms with Gasteiger partial charge in [0.05, 0.1) is 27.2 Å². The third kappa shape index (κ3) is 5.39. The van der Waals surface area contributed by atoms with E-state index in [0.717, 1.165) is 0 Å². The Balaban J connectivity index is 1.64. The molecule has 1 aliphatic heterocycles. The number of ketones is 1. The molecule has 4 rings (SSSR count). The smallest absolute Gasteiger partial charge is 0.183 e. The molecule has 0 aromatic heterocycles. The molecule has 3 aromatic carbocycles. The van der Waals surface area contributed by atoms with Gasteiger partial charge in [-0.3, -0.25) is 4.79 Å². The summed E-state index contributed by atoms with van der Waals surface area (Å²) in [6.45, 7) is 1.92. The average Bonchev–Trinajstić information content (AvgIpc) is 2.89. The van der Waals surface area contributed by atoms with Crippen molar-refractivity contribution in [3.63, 3.8) is 0 Å². The van der Waals surface area contributed by atoms with Gasteiger partial charge in [0.1, 0.15) is 5.75 Å². The molecule has 3 aromatic rings. The van der Waals surface area contributed by atoms with E-state index in [2.05, 4.69) is 0 Å². The minimum Gasteiger partial charge on any atom is -0.479 e. The molecule has 6 nitrogen and oxygen atoms in total. The first-order valence-corrected chi connectivity index (χ1v) is 15.4. The second-order valence-electron chi connectivity index (χ2n) is 9.10. The van der Waals surface area contributed by atoms with Crippen LogP contribution >= 0.6 is 0 Å². The number of hydrogen-bond acceptors (Lipinski definition) is 6. The highest BCUT2D eigenvalue weighted by Gasteiger charge is 2.49. The number of ether oxygens (including phenoxy) is 1. The fraction of sp³-hybridized carbons (Fsp3) is 0.321. The van der Waals surface area contributed by atoms with Gasteiger partial charge in [-0.2, -0.15) is 0 Å². The molecule has 0 amide bonds. The predicted molar refractivity (Wildman–Crippen MR) is 139 cm³/mol. The van der Waals surface area contributed by atoms with Crippen LogP contribution in [0.4, 0.5) is 0 Å². The van der Waals surface area contributed by atoms with Crippen LogP contribution < -0.4 is 4.74 Å². The van der Waals surface area contributed by atoms with Crippen molar-refractivity contribution in [2.24, 2.45) is 0 Å². The molecular formula is C28H30O6S2. The highest BCUT2D eigenvalue weighted by atomic mass is 32.2. The number of Topliss-reactive ketones (excluding diaryl/α,β-unsaturated/α-hetero) is 1.